The van der Waals surface area contributed by atoms with E-state index in [1.54, 1.807) is 12.4 Å². The van der Waals surface area contributed by atoms with Gasteiger partial charge in [-0.1, -0.05) is 26.8 Å². The second-order valence-corrected chi connectivity index (χ2v) is 6.92. The maximum absolute atomic E-state index is 12.3. The van der Waals surface area contributed by atoms with Crippen molar-refractivity contribution in [1.82, 2.24) is 4.98 Å². The molecule has 1 aromatic heterocycles. The molecular formula is C17H25NO. The van der Waals surface area contributed by atoms with Gasteiger partial charge in [-0.3, -0.25) is 9.78 Å². The van der Waals surface area contributed by atoms with E-state index in [9.17, 15) is 4.79 Å². The maximum Gasteiger partial charge on any atom is 0.140 e. The van der Waals surface area contributed by atoms with Gasteiger partial charge in [0, 0.05) is 24.7 Å². The van der Waals surface area contributed by atoms with Crippen LogP contribution >= 0.6 is 0 Å². The lowest BCUT2D eigenvalue weighted by Crippen LogP contribution is -2.29. The van der Waals surface area contributed by atoms with Crippen LogP contribution in [0.5, 0.6) is 0 Å². The number of hydrogen-bond acceptors (Lipinski definition) is 2. The van der Waals surface area contributed by atoms with Gasteiger partial charge in [0.05, 0.1) is 0 Å². The molecule has 0 aliphatic heterocycles. The van der Waals surface area contributed by atoms with Crippen molar-refractivity contribution in [3.8, 4) is 0 Å². The summed E-state index contributed by atoms with van der Waals surface area (Å²) < 4.78 is 0. The summed E-state index contributed by atoms with van der Waals surface area (Å²) in [6.07, 6.45) is 8.65. The Balaban J connectivity index is 1.86. The third-order valence-electron chi connectivity index (χ3n) is 4.51. The van der Waals surface area contributed by atoms with E-state index in [1.165, 1.54) is 12.8 Å². The Morgan fingerprint density at radius 2 is 1.95 bits per heavy atom. The van der Waals surface area contributed by atoms with E-state index in [-0.39, 0.29) is 5.92 Å². The number of Topliss-reactive ketones (excluding diaryl/α,β-unsaturated/α-hetero) is 1. The lowest BCUT2D eigenvalue weighted by Gasteiger charge is -2.36. The van der Waals surface area contributed by atoms with Gasteiger partial charge in [0.2, 0.25) is 0 Å². The van der Waals surface area contributed by atoms with E-state index >= 15 is 0 Å². The molecule has 2 rings (SSSR count). The summed E-state index contributed by atoms with van der Waals surface area (Å²) in [7, 11) is 0. The van der Waals surface area contributed by atoms with E-state index in [4.69, 9.17) is 0 Å². The van der Waals surface area contributed by atoms with Crippen molar-refractivity contribution in [3.05, 3.63) is 30.1 Å². The predicted molar refractivity (Wildman–Crippen MR) is 77.9 cm³/mol. The van der Waals surface area contributed by atoms with Crippen LogP contribution in [0.25, 0.3) is 0 Å². The second kappa shape index (κ2) is 5.85. The number of nitrogens with zero attached hydrogens (tertiary/aromatic N) is 1. The van der Waals surface area contributed by atoms with Crippen molar-refractivity contribution in [1.29, 1.82) is 0 Å². The Morgan fingerprint density at radius 3 is 2.47 bits per heavy atom. The van der Waals surface area contributed by atoms with Crippen LogP contribution in [0.15, 0.2) is 24.5 Å². The van der Waals surface area contributed by atoms with Crippen LogP contribution in [0.1, 0.15) is 52.0 Å². The molecule has 1 aromatic rings. The molecule has 1 heterocycles. The molecule has 2 nitrogen and oxygen atoms in total. The SMILES string of the molecule is CC(C)(C)C1CCC(C(=O)Cc2cccnc2)CC1. The van der Waals surface area contributed by atoms with Crippen molar-refractivity contribution in [2.24, 2.45) is 17.3 Å². The Labute approximate surface area is 116 Å². The van der Waals surface area contributed by atoms with Crippen LogP contribution in [-0.2, 0) is 11.2 Å². The fraction of sp³-hybridized carbons (Fsp3) is 0.647. The summed E-state index contributed by atoms with van der Waals surface area (Å²) in [5.41, 5.74) is 1.43. The third-order valence-corrected chi connectivity index (χ3v) is 4.51. The van der Waals surface area contributed by atoms with Crippen LogP contribution in [-0.4, -0.2) is 10.8 Å². The molecule has 1 saturated carbocycles. The van der Waals surface area contributed by atoms with Gasteiger partial charge in [-0.2, -0.15) is 0 Å². The lowest BCUT2D eigenvalue weighted by molar-refractivity contribution is -0.123. The van der Waals surface area contributed by atoms with Crippen LogP contribution in [0.3, 0.4) is 0 Å². The summed E-state index contributed by atoms with van der Waals surface area (Å²) in [5, 5.41) is 0. The highest BCUT2D eigenvalue weighted by Gasteiger charge is 2.32. The van der Waals surface area contributed by atoms with Crippen LogP contribution in [0.4, 0.5) is 0 Å². The van der Waals surface area contributed by atoms with E-state index in [0.717, 1.165) is 24.3 Å². The molecular weight excluding hydrogens is 234 g/mol. The van der Waals surface area contributed by atoms with E-state index in [1.807, 2.05) is 12.1 Å². The molecule has 104 valence electrons. The van der Waals surface area contributed by atoms with Crippen molar-refractivity contribution in [2.75, 3.05) is 0 Å². The number of aromatic nitrogens is 1. The topological polar surface area (TPSA) is 30.0 Å². The Kier molecular flexibility index (Phi) is 4.38. The van der Waals surface area contributed by atoms with Crippen molar-refractivity contribution in [3.63, 3.8) is 0 Å². The molecule has 0 amide bonds. The summed E-state index contributed by atoms with van der Waals surface area (Å²) in [5.74, 6) is 1.45. The van der Waals surface area contributed by atoms with Crippen LogP contribution in [0, 0.1) is 17.3 Å². The summed E-state index contributed by atoms with van der Waals surface area (Å²) in [4.78, 5) is 16.4. The zero-order valence-electron chi connectivity index (χ0n) is 12.4. The average molecular weight is 259 g/mol. The number of rotatable bonds is 3. The Hall–Kier alpha value is -1.18. The second-order valence-electron chi connectivity index (χ2n) is 6.92. The first-order valence-corrected chi connectivity index (χ1v) is 7.38. The van der Waals surface area contributed by atoms with Crippen molar-refractivity contribution >= 4 is 5.78 Å². The average Bonchev–Trinajstić information content (AvgIpc) is 2.39. The monoisotopic (exact) mass is 259 g/mol. The number of hydrogen-bond donors (Lipinski definition) is 0. The van der Waals surface area contributed by atoms with Crippen LogP contribution < -0.4 is 0 Å². The van der Waals surface area contributed by atoms with Crippen LogP contribution in [0.2, 0.25) is 0 Å². The summed E-state index contributed by atoms with van der Waals surface area (Å²) >= 11 is 0. The highest BCUT2D eigenvalue weighted by Crippen LogP contribution is 2.40. The molecule has 0 aromatic carbocycles. The number of pyridine rings is 1. The van der Waals surface area contributed by atoms with Crippen molar-refractivity contribution in [2.45, 2.75) is 52.9 Å². The maximum atomic E-state index is 12.3. The highest BCUT2D eigenvalue weighted by atomic mass is 16.1. The lowest BCUT2D eigenvalue weighted by atomic mass is 9.69. The highest BCUT2D eigenvalue weighted by molar-refractivity contribution is 5.83. The van der Waals surface area contributed by atoms with Gasteiger partial charge in [0.1, 0.15) is 5.78 Å². The van der Waals surface area contributed by atoms with Crippen molar-refractivity contribution < 1.29 is 4.79 Å². The standard InChI is InChI=1S/C17H25NO/c1-17(2,3)15-8-6-14(7-9-15)16(19)11-13-5-4-10-18-12-13/h4-5,10,12,14-15H,6-9,11H2,1-3H3. The zero-order chi connectivity index (χ0) is 13.9. The molecule has 19 heavy (non-hydrogen) atoms. The minimum atomic E-state index is 0.277. The molecule has 1 aliphatic carbocycles. The Bertz CT molecular complexity index is 411. The molecule has 0 N–H and O–H groups in total. The summed E-state index contributed by atoms with van der Waals surface area (Å²) in [6.45, 7) is 6.94. The van der Waals surface area contributed by atoms with Gasteiger partial charge in [-0.15, -0.1) is 0 Å². The van der Waals surface area contributed by atoms with Gasteiger partial charge in [0.25, 0.3) is 0 Å². The van der Waals surface area contributed by atoms with E-state index < -0.39 is 0 Å². The molecule has 0 spiro atoms. The molecule has 0 atom stereocenters. The zero-order valence-corrected chi connectivity index (χ0v) is 12.4. The molecule has 0 bridgehead atoms. The fourth-order valence-electron chi connectivity index (χ4n) is 3.13. The molecule has 0 saturated heterocycles. The van der Waals surface area contributed by atoms with E-state index in [2.05, 4.69) is 25.8 Å². The number of ketones is 1. The smallest absolute Gasteiger partial charge is 0.140 e. The van der Waals surface area contributed by atoms with Gasteiger partial charge in [-0.05, 0) is 48.6 Å². The molecule has 2 heteroatoms. The molecule has 0 radical (unpaired) electrons. The van der Waals surface area contributed by atoms with Gasteiger partial charge in [0.15, 0.2) is 0 Å². The minimum Gasteiger partial charge on any atom is -0.299 e. The van der Waals surface area contributed by atoms with Gasteiger partial charge < -0.3 is 0 Å². The Morgan fingerprint density at radius 1 is 1.26 bits per heavy atom. The molecule has 0 unspecified atom stereocenters. The first-order chi connectivity index (χ1) is 8.97. The normalized spacial score (nSPS) is 24.2. The largest absolute Gasteiger partial charge is 0.299 e. The molecule has 1 fully saturated rings. The minimum absolute atomic E-state index is 0.277. The quantitative estimate of drug-likeness (QED) is 0.819. The first kappa shape index (κ1) is 14.2. The van der Waals surface area contributed by atoms with Gasteiger partial charge >= 0.3 is 0 Å². The van der Waals surface area contributed by atoms with E-state index in [0.29, 0.717) is 17.6 Å². The molecule has 1 aliphatic rings. The summed E-state index contributed by atoms with van der Waals surface area (Å²) in [6, 6.07) is 3.89. The predicted octanol–water partition coefficient (Wildman–Crippen LogP) is 4.05. The fourth-order valence-corrected chi connectivity index (χ4v) is 3.13. The van der Waals surface area contributed by atoms with Gasteiger partial charge in [-0.25, -0.2) is 0 Å². The first-order valence-electron chi connectivity index (χ1n) is 7.38. The number of carbonyl (C=O) groups is 1. The number of carbonyl (C=O) groups excluding carboxylic acids is 1. The third kappa shape index (κ3) is 3.89.